The molecule has 592 valence electrons. The number of hydrogen-bond donors (Lipinski definition) is 3. The third-order valence-corrected chi connectivity index (χ3v) is 25.3. The minimum absolute atomic E-state index is 0.0120. The Morgan fingerprint density at radius 3 is 1.77 bits per heavy atom. The summed E-state index contributed by atoms with van der Waals surface area (Å²) in [6, 6.07) is -11.6. The molecule has 0 aromatic carbocycles. The van der Waals surface area contributed by atoms with Crippen LogP contribution in [0, 0.1) is 41.4 Å². The SMILES string of the molecule is CC[C@H](C)[C@@H]1NC(=O)[C@H](CC(C)C)N(C)C(=O)C[C@@H](C(=O)N2CCCC2)N(C)C(=O)[C@H](C2CCCC2)N(C)C(=O)C2(CCCC2)NC(=O)[C@@H]2CCCN2C(=O)[C@H](CCC2CCC(C(F)(F)F)C(Cl)C2)NC(=O)CN(C)C(=O)[C@H](CC2CCC(C(F)(F)F)CC2)N(C)C(=O)[C@@H]2CCN2C(=O)[C@H](C)N(C)C1=O. The van der Waals surface area contributed by atoms with Gasteiger partial charge in [0.15, 0.2) is 0 Å². The molecule has 105 heavy (non-hydrogen) atoms. The predicted molar refractivity (Wildman–Crippen MR) is 377 cm³/mol. The van der Waals surface area contributed by atoms with E-state index in [0.29, 0.717) is 64.5 Å². The Labute approximate surface area is 619 Å². The van der Waals surface area contributed by atoms with Crippen LogP contribution in [-0.4, -0.2) is 268 Å². The van der Waals surface area contributed by atoms with Crippen LogP contribution in [0.3, 0.4) is 0 Å². The highest BCUT2D eigenvalue weighted by molar-refractivity contribution is 6.21. The van der Waals surface area contributed by atoms with Gasteiger partial charge in [-0.1, -0.05) is 59.8 Å². The lowest BCUT2D eigenvalue weighted by molar-refractivity contribution is -0.184. The number of hydrogen-bond acceptors (Lipinski definition) is 12. The van der Waals surface area contributed by atoms with Crippen molar-refractivity contribution in [3.63, 3.8) is 0 Å². The number of nitrogens with zero attached hydrogens (tertiary/aromatic N) is 9. The summed E-state index contributed by atoms with van der Waals surface area (Å²) in [7, 11) is 8.34. The zero-order chi connectivity index (χ0) is 77.5. The van der Waals surface area contributed by atoms with Crippen LogP contribution in [0.2, 0.25) is 0 Å². The van der Waals surface area contributed by atoms with Crippen LogP contribution in [0.1, 0.15) is 202 Å². The smallest absolute Gasteiger partial charge is 0.343 e. The van der Waals surface area contributed by atoms with Gasteiger partial charge in [-0.05, 0) is 165 Å². The first-order valence-corrected chi connectivity index (χ1v) is 38.9. The fourth-order valence-corrected chi connectivity index (χ4v) is 18.2. The Morgan fingerprint density at radius 2 is 1.20 bits per heavy atom. The van der Waals surface area contributed by atoms with E-state index in [1.165, 1.54) is 78.6 Å². The van der Waals surface area contributed by atoms with E-state index < -0.39 is 197 Å². The van der Waals surface area contributed by atoms with Gasteiger partial charge in [0, 0.05) is 73.8 Å². The van der Waals surface area contributed by atoms with Gasteiger partial charge in [-0.2, -0.15) is 26.3 Å². The van der Waals surface area contributed by atoms with Gasteiger partial charge in [-0.15, -0.1) is 11.6 Å². The largest absolute Gasteiger partial charge is 0.393 e. The molecule has 3 N–H and O–H groups in total. The summed E-state index contributed by atoms with van der Waals surface area (Å²) in [4.78, 5) is 192. The van der Waals surface area contributed by atoms with E-state index in [0.717, 1.165) is 22.6 Å². The highest BCUT2D eigenvalue weighted by atomic mass is 35.5. The quantitative estimate of drug-likeness (QED) is 0.139. The summed E-state index contributed by atoms with van der Waals surface area (Å²) in [6.45, 7) is 8.74. The van der Waals surface area contributed by atoms with Crippen molar-refractivity contribution in [3.05, 3.63) is 0 Å². The Bertz CT molecular complexity index is 3140. The maximum Gasteiger partial charge on any atom is 0.393 e. The first kappa shape index (κ1) is 84.1. The van der Waals surface area contributed by atoms with Crippen molar-refractivity contribution in [1.29, 1.82) is 0 Å². The van der Waals surface area contributed by atoms with Gasteiger partial charge in [0.1, 0.15) is 59.9 Å². The topological polar surface area (TPSA) is 270 Å². The summed E-state index contributed by atoms with van der Waals surface area (Å²) >= 11 is 6.40. The average molecular weight is 1510 g/mol. The summed E-state index contributed by atoms with van der Waals surface area (Å²) < 4.78 is 84.2. The molecule has 4 aliphatic carbocycles. The molecule has 3 unspecified atom stereocenters. The Balaban J connectivity index is 1.17. The lowest BCUT2D eigenvalue weighted by atomic mass is 9.78. The minimum Gasteiger partial charge on any atom is -0.343 e. The second-order valence-corrected chi connectivity index (χ2v) is 32.8. The molecule has 0 aromatic heterocycles. The molecule has 0 radical (unpaired) electrons. The van der Waals surface area contributed by atoms with E-state index in [1.807, 2.05) is 20.8 Å². The second kappa shape index (κ2) is 35.7. The van der Waals surface area contributed by atoms with Gasteiger partial charge in [0.2, 0.25) is 70.9 Å². The lowest BCUT2D eigenvalue weighted by Crippen LogP contribution is -2.65. The molecule has 0 aromatic rings. The predicted octanol–water partition coefficient (Wildman–Crippen LogP) is 7.02. The molecule has 31 heteroatoms. The molecule has 8 aliphatic rings. The zero-order valence-electron chi connectivity index (χ0n) is 63.3. The summed E-state index contributed by atoms with van der Waals surface area (Å²) in [6.07, 6.45) is -4.19. The fourth-order valence-electron chi connectivity index (χ4n) is 17.7. The summed E-state index contributed by atoms with van der Waals surface area (Å²) in [5, 5.41) is 7.46. The highest BCUT2D eigenvalue weighted by Crippen LogP contribution is 2.45. The van der Waals surface area contributed by atoms with E-state index in [2.05, 4.69) is 16.0 Å². The number of likely N-dealkylation sites (tertiary alicyclic amines) is 1. The maximum absolute atomic E-state index is 15.7. The Hall–Kier alpha value is -6.49. The van der Waals surface area contributed by atoms with Crippen molar-refractivity contribution in [2.75, 3.05) is 75.0 Å². The number of carbonyl (C=O) groups excluding carboxylic acids is 12. The van der Waals surface area contributed by atoms with Gasteiger partial charge in [-0.25, -0.2) is 0 Å². The number of nitrogens with one attached hydrogen (secondary N) is 3. The highest BCUT2D eigenvalue weighted by Gasteiger charge is 2.54. The number of amides is 12. The lowest BCUT2D eigenvalue weighted by Gasteiger charge is -2.45. The number of carbonyl (C=O) groups is 12. The monoisotopic (exact) mass is 1510 g/mol. The molecule has 4 saturated carbocycles. The van der Waals surface area contributed by atoms with Gasteiger partial charge in [-0.3, -0.25) is 57.5 Å². The van der Waals surface area contributed by atoms with Crippen molar-refractivity contribution in [1.82, 2.24) is 60.0 Å². The van der Waals surface area contributed by atoms with Crippen molar-refractivity contribution in [2.45, 2.75) is 279 Å². The molecule has 4 heterocycles. The Kier molecular flexibility index (Phi) is 28.6. The van der Waals surface area contributed by atoms with E-state index in [-0.39, 0.29) is 115 Å². The van der Waals surface area contributed by atoms with Crippen LogP contribution < -0.4 is 16.0 Å². The normalized spacial score (nSPS) is 32.3. The molecule has 4 saturated heterocycles. The van der Waals surface area contributed by atoms with Gasteiger partial charge >= 0.3 is 12.4 Å². The van der Waals surface area contributed by atoms with Gasteiger partial charge < -0.3 is 60.0 Å². The number of rotatable bonds is 11. The zero-order valence-corrected chi connectivity index (χ0v) is 64.1. The average Bonchev–Trinajstić information content (AvgIpc) is 1.77. The van der Waals surface area contributed by atoms with Crippen LogP contribution >= 0.6 is 11.6 Å². The molecule has 8 rings (SSSR count). The van der Waals surface area contributed by atoms with E-state index in [1.54, 1.807) is 11.8 Å². The van der Waals surface area contributed by atoms with Crippen LogP contribution in [0.4, 0.5) is 26.3 Å². The van der Waals surface area contributed by atoms with Crippen LogP contribution in [0.15, 0.2) is 0 Å². The Morgan fingerprint density at radius 1 is 0.581 bits per heavy atom. The van der Waals surface area contributed by atoms with Crippen molar-refractivity contribution >= 4 is 82.5 Å². The third-order valence-electron chi connectivity index (χ3n) is 24.8. The van der Waals surface area contributed by atoms with E-state index in [4.69, 9.17) is 11.6 Å². The first-order chi connectivity index (χ1) is 49.3. The summed E-state index contributed by atoms with van der Waals surface area (Å²) in [5.74, 6) is -13.7. The van der Waals surface area contributed by atoms with Crippen molar-refractivity contribution in [3.8, 4) is 0 Å². The molecule has 1 spiro atoms. The number of fused-ring (bicyclic) bond motifs is 2. The van der Waals surface area contributed by atoms with E-state index in [9.17, 15) is 55.1 Å². The molecular weight excluding hydrogens is 1400 g/mol. The number of alkyl halides is 7. The third kappa shape index (κ3) is 19.7. The summed E-state index contributed by atoms with van der Waals surface area (Å²) in [5.41, 5.74) is -1.59. The minimum atomic E-state index is -4.55. The van der Waals surface area contributed by atoms with Crippen LogP contribution in [0.25, 0.3) is 0 Å². The van der Waals surface area contributed by atoms with E-state index >= 15 is 28.8 Å². The molecule has 13 atom stereocenters. The fraction of sp³-hybridized carbons (Fsp3) is 0.838. The number of halogens is 7. The standard InChI is InChI=1S/C74H115ClF6N12O12/c1-12-44(4)60-69(103)86(7)45(5)64(98)93-37-31-54(93)67(101)88(9)56(40-47-23-27-49(28-24-47)73(76,77)78)66(100)85(6)42-58(94)82-52(30-26-46-25-29-50(51(75)39-46)74(79,80)81)65(99)92-36-19-22-53(92)63(97)84-72(32-15-16-33-72)71(105)90(11)61(48-20-13-14-21-48)70(104)89(10)57(68(102)91-34-17-18-35-91)41-59(95)87(8)55(38-43(2)3)62(96)83-60/h43-57,60-61H,12-42H2,1-11H3,(H,82,94)(H,83,96)(H,84,97)/t44-,45-,46?,47?,49?,50?,51?,52-,53-,54-,55-,56-,57-,60-,61-/m0/s1. The molecule has 4 aliphatic heterocycles. The second-order valence-electron chi connectivity index (χ2n) is 32.3. The molecule has 12 amide bonds. The van der Waals surface area contributed by atoms with Crippen molar-refractivity contribution in [2.24, 2.45) is 41.4 Å². The maximum atomic E-state index is 15.7. The van der Waals surface area contributed by atoms with Crippen LogP contribution in [0.5, 0.6) is 0 Å². The van der Waals surface area contributed by atoms with Gasteiger partial charge in [0.05, 0.1) is 24.8 Å². The van der Waals surface area contributed by atoms with Gasteiger partial charge in [0.25, 0.3) is 0 Å². The molecule has 8 fully saturated rings. The molecule has 24 nitrogen and oxygen atoms in total. The first-order valence-electron chi connectivity index (χ1n) is 38.5. The van der Waals surface area contributed by atoms with Crippen molar-refractivity contribution < 1.29 is 83.9 Å². The number of likely N-dealkylation sites (N-methyl/N-ethyl adjacent to an activating group) is 6. The molecular formula is C74H115ClF6N12O12. The van der Waals surface area contributed by atoms with Crippen LogP contribution in [-0.2, 0) is 57.5 Å². The molecule has 0 bridgehead atoms.